The van der Waals surface area contributed by atoms with Crippen LogP contribution in [0.4, 0.5) is 19.3 Å². The Bertz CT molecular complexity index is 911. The molecule has 0 spiro atoms. The minimum atomic E-state index is -0.595. The highest BCUT2D eigenvalue weighted by molar-refractivity contribution is 6.27. The molecule has 2 aromatic carbocycles. The number of halogens is 3. The van der Waals surface area contributed by atoms with Crippen molar-refractivity contribution in [2.45, 2.75) is 19.1 Å². The average Bonchev–Trinajstić information content (AvgIpc) is 3.16. The molecule has 9 heteroatoms. The van der Waals surface area contributed by atoms with Crippen LogP contribution in [0.25, 0.3) is 11.1 Å². The molecule has 0 saturated carbocycles. The van der Waals surface area contributed by atoms with E-state index in [9.17, 15) is 18.4 Å². The van der Waals surface area contributed by atoms with Crippen LogP contribution >= 0.6 is 11.6 Å². The second-order valence-electron chi connectivity index (χ2n) is 7.13. The smallest absolute Gasteiger partial charge is 0.414 e. The number of rotatable bonds is 10. The standard InChI is InChI=1S/C22H24ClF2N3O3/c23-11-21(29)27-13-18-14-28(22(30)31-18)17-6-7-19(20(25)10-17)16-4-2-15(3-5-16)12-26-9-1-8-24/h2-7,10,18,26H,1,8-9,11-14H2,(H,27,29)/t18-/m0/s1. The number of hydrogen-bond acceptors (Lipinski definition) is 4. The van der Waals surface area contributed by atoms with Gasteiger partial charge in [0.05, 0.1) is 25.5 Å². The second kappa shape index (κ2) is 11.1. The molecule has 2 N–H and O–H groups in total. The SMILES string of the molecule is O=C(CCl)NC[C@H]1CN(c2ccc(-c3ccc(CNCCCF)cc3)c(F)c2)C(=O)O1. The lowest BCUT2D eigenvalue weighted by Gasteiger charge is -2.15. The lowest BCUT2D eigenvalue weighted by atomic mass is 10.0. The predicted octanol–water partition coefficient (Wildman–Crippen LogP) is 3.62. The van der Waals surface area contributed by atoms with Crippen LogP contribution in [0.5, 0.6) is 0 Å². The molecule has 166 valence electrons. The third kappa shape index (κ3) is 6.15. The Labute approximate surface area is 184 Å². The van der Waals surface area contributed by atoms with Gasteiger partial charge in [-0.2, -0.15) is 0 Å². The maximum Gasteiger partial charge on any atom is 0.414 e. The highest BCUT2D eigenvalue weighted by Gasteiger charge is 2.32. The molecule has 31 heavy (non-hydrogen) atoms. The van der Waals surface area contributed by atoms with E-state index in [1.807, 2.05) is 24.3 Å². The van der Waals surface area contributed by atoms with Gasteiger partial charge < -0.3 is 15.4 Å². The molecular formula is C22H24ClF2N3O3. The van der Waals surface area contributed by atoms with Gasteiger partial charge in [0.15, 0.2) is 0 Å². The topological polar surface area (TPSA) is 70.7 Å². The molecule has 0 aliphatic carbocycles. The Morgan fingerprint density at radius 2 is 2.00 bits per heavy atom. The minimum absolute atomic E-state index is 0.142. The summed E-state index contributed by atoms with van der Waals surface area (Å²) in [4.78, 5) is 24.7. The first-order valence-electron chi connectivity index (χ1n) is 9.98. The number of amides is 2. The van der Waals surface area contributed by atoms with Crippen molar-refractivity contribution in [2.75, 3.05) is 37.1 Å². The Morgan fingerprint density at radius 3 is 2.68 bits per heavy atom. The zero-order valence-corrected chi connectivity index (χ0v) is 17.6. The van der Waals surface area contributed by atoms with E-state index in [-0.39, 0.29) is 31.6 Å². The lowest BCUT2D eigenvalue weighted by molar-refractivity contribution is -0.119. The molecule has 1 atom stereocenters. The molecule has 1 aliphatic rings. The van der Waals surface area contributed by atoms with Gasteiger partial charge in [-0.25, -0.2) is 9.18 Å². The second-order valence-corrected chi connectivity index (χ2v) is 7.40. The summed E-state index contributed by atoms with van der Waals surface area (Å²) in [5.74, 6) is -0.987. The molecule has 2 aromatic rings. The van der Waals surface area contributed by atoms with E-state index in [0.717, 1.165) is 5.56 Å². The summed E-state index contributed by atoms with van der Waals surface area (Å²) in [6, 6.07) is 12.0. The normalized spacial score (nSPS) is 15.8. The Hall–Kier alpha value is -2.71. The van der Waals surface area contributed by atoms with Crippen molar-refractivity contribution in [3.05, 3.63) is 53.8 Å². The van der Waals surface area contributed by atoms with Crippen LogP contribution < -0.4 is 15.5 Å². The first-order valence-corrected chi connectivity index (χ1v) is 10.5. The zero-order chi connectivity index (χ0) is 22.2. The van der Waals surface area contributed by atoms with E-state index in [0.29, 0.717) is 36.3 Å². The fraction of sp³-hybridized carbons (Fsp3) is 0.364. The van der Waals surface area contributed by atoms with Gasteiger partial charge in [0.2, 0.25) is 5.91 Å². The molecule has 3 rings (SSSR count). The molecule has 1 heterocycles. The zero-order valence-electron chi connectivity index (χ0n) is 16.9. The van der Waals surface area contributed by atoms with Gasteiger partial charge >= 0.3 is 6.09 Å². The van der Waals surface area contributed by atoms with Crippen LogP contribution in [0.1, 0.15) is 12.0 Å². The molecule has 1 saturated heterocycles. The molecule has 0 radical (unpaired) electrons. The number of benzene rings is 2. The number of hydrogen-bond donors (Lipinski definition) is 2. The average molecular weight is 452 g/mol. The number of carbonyl (C=O) groups is 2. The highest BCUT2D eigenvalue weighted by atomic mass is 35.5. The molecule has 0 bridgehead atoms. The summed E-state index contributed by atoms with van der Waals surface area (Å²) in [6.45, 7) is 1.22. The van der Waals surface area contributed by atoms with Crippen molar-refractivity contribution in [1.82, 2.24) is 10.6 Å². The van der Waals surface area contributed by atoms with E-state index in [1.165, 1.54) is 11.0 Å². The van der Waals surface area contributed by atoms with Gasteiger partial charge in [-0.15, -0.1) is 11.6 Å². The number of nitrogens with one attached hydrogen (secondary N) is 2. The predicted molar refractivity (Wildman–Crippen MR) is 115 cm³/mol. The number of cyclic esters (lactones) is 1. The van der Waals surface area contributed by atoms with Crippen LogP contribution in [-0.4, -0.2) is 50.3 Å². The van der Waals surface area contributed by atoms with Crippen molar-refractivity contribution in [3.63, 3.8) is 0 Å². The van der Waals surface area contributed by atoms with Crippen LogP contribution in [0.2, 0.25) is 0 Å². The fourth-order valence-electron chi connectivity index (χ4n) is 3.25. The maximum absolute atomic E-state index is 14.8. The van der Waals surface area contributed by atoms with Gasteiger partial charge in [-0.3, -0.25) is 14.1 Å². The van der Waals surface area contributed by atoms with Crippen molar-refractivity contribution in [3.8, 4) is 11.1 Å². The minimum Gasteiger partial charge on any atom is -0.442 e. The van der Waals surface area contributed by atoms with Gasteiger partial charge in [-0.05, 0) is 42.3 Å². The van der Waals surface area contributed by atoms with Gasteiger partial charge in [0.25, 0.3) is 0 Å². The number of nitrogens with zero attached hydrogens (tertiary/aromatic N) is 1. The summed E-state index contributed by atoms with van der Waals surface area (Å²) in [5, 5.41) is 5.71. The monoisotopic (exact) mass is 451 g/mol. The first kappa shape index (κ1) is 23.0. The van der Waals surface area contributed by atoms with E-state index in [1.54, 1.807) is 12.1 Å². The summed E-state index contributed by atoms with van der Waals surface area (Å²) < 4.78 is 32.1. The van der Waals surface area contributed by atoms with Crippen LogP contribution in [0.3, 0.4) is 0 Å². The largest absolute Gasteiger partial charge is 0.442 e. The van der Waals surface area contributed by atoms with Crippen molar-refractivity contribution < 1.29 is 23.1 Å². The van der Waals surface area contributed by atoms with Crippen LogP contribution in [-0.2, 0) is 16.1 Å². The van der Waals surface area contributed by atoms with Crippen molar-refractivity contribution >= 4 is 29.3 Å². The molecular weight excluding hydrogens is 428 g/mol. The highest BCUT2D eigenvalue weighted by Crippen LogP contribution is 2.29. The molecule has 1 aliphatic heterocycles. The molecule has 0 aromatic heterocycles. The van der Waals surface area contributed by atoms with E-state index >= 15 is 0 Å². The molecule has 0 unspecified atom stereocenters. The third-order valence-corrected chi connectivity index (χ3v) is 5.11. The summed E-state index contributed by atoms with van der Waals surface area (Å²) in [5.41, 5.74) is 2.53. The maximum atomic E-state index is 14.8. The summed E-state index contributed by atoms with van der Waals surface area (Å²) in [7, 11) is 0. The number of carbonyl (C=O) groups excluding carboxylic acids is 2. The van der Waals surface area contributed by atoms with E-state index in [4.69, 9.17) is 16.3 Å². The Morgan fingerprint density at radius 1 is 1.23 bits per heavy atom. The Kier molecular flexibility index (Phi) is 8.20. The van der Waals surface area contributed by atoms with Crippen molar-refractivity contribution in [1.29, 1.82) is 0 Å². The van der Waals surface area contributed by atoms with Crippen LogP contribution in [0.15, 0.2) is 42.5 Å². The first-order chi connectivity index (χ1) is 15.0. The van der Waals surface area contributed by atoms with Gasteiger partial charge in [0.1, 0.15) is 17.8 Å². The van der Waals surface area contributed by atoms with Gasteiger partial charge in [-0.1, -0.05) is 24.3 Å². The number of alkyl halides is 2. The van der Waals surface area contributed by atoms with E-state index in [2.05, 4.69) is 10.6 Å². The van der Waals surface area contributed by atoms with Crippen LogP contribution in [0, 0.1) is 5.82 Å². The van der Waals surface area contributed by atoms with Crippen molar-refractivity contribution in [2.24, 2.45) is 0 Å². The number of ether oxygens (including phenoxy) is 1. The quantitative estimate of drug-likeness (QED) is 0.427. The fourth-order valence-corrected chi connectivity index (χ4v) is 3.34. The van der Waals surface area contributed by atoms with E-state index < -0.39 is 18.0 Å². The molecule has 1 fully saturated rings. The van der Waals surface area contributed by atoms with Gasteiger partial charge in [0, 0.05) is 12.1 Å². The summed E-state index contributed by atoms with van der Waals surface area (Å²) in [6.07, 6.45) is -0.654. The molecule has 6 nitrogen and oxygen atoms in total. The summed E-state index contributed by atoms with van der Waals surface area (Å²) >= 11 is 5.43. The third-order valence-electron chi connectivity index (χ3n) is 4.87. The number of anilines is 1. The Balaban J connectivity index is 1.63. The molecule has 2 amide bonds. The lowest BCUT2D eigenvalue weighted by Crippen LogP contribution is -2.35.